The highest BCUT2D eigenvalue weighted by molar-refractivity contribution is 5.92. The van der Waals surface area contributed by atoms with E-state index in [-0.39, 0.29) is 18.1 Å². The number of hydrogen-bond acceptors (Lipinski definition) is 3. The Morgan fingerprint density at radius 2 is 1.81 bits per heavy atom. The van der Waals surface area contributed by atoms with Gasteiger partial charge in [-0.15, -0.1) is 0 Å². The molecule has 0 aliphatic rings. The average molecular weight is 289 g/mol. The Morgan fingerprint density at radius 3 is 2.38 bits per heavy atom. The number of rotatable bonds is 5. The molecule has 0 aliphatic heterocycles. The number of hydrogen-bond donors (Lipinski definition) is 1. The predicted octanol–water partition coefficient (Wildman–Crippen LogP) is 3.02. The van der Waals surface area contributed by atoms with E-state index in [1.165, 1.54) is 19.2 Å². The van der Waals surface area contributed by atoms with E-state index in [2.05, 4.69) is 5.32 Å². The lowest BCUT2D eigenvalue weighted by Crippen LogP contribution is -2.14. The smallest absolute Gasteiger partial charge is 0.228 e. The van der Waals surface area contributed by atoms with Gasteiger partial charge >= 0.3 is 0 Å². The quantitative estimate of drug-likeness (QED) is 0.920. The Hall–Kier alpha value is -2.56. The van der Waals surface area contributed by atoms with Crippen LogP contribution in [0.1, 0.15) is 5.56 Å². The molecule has 1 N–H and O–H groups in total. The lowest BCUT2D eigenvalue weighted by atomic mass is 10.1. The fourth-order valence-electron chi connectivity index (χ4n) is 1.88. The molecule has 4 nitrogen and oxygen atoms in total. The molecule has 1 amide bonds. The zero-order valence-electron chi connectivity index (χ0n) is 11.9. The van der Waals surface area contributed by atoms with E-state index in [1.54, 1.807) is 25.3 Å². The third-order valence-corrected chi connectivity index (χ3v) is 2.96. The normalized spacial score (nSPS) is 10.0. The van der Waals surface area contributed by atoms with Crippen molar-refractivity contribution in [1.29, 1.82) is 0 Å². The summed E-state index contributed by atoms with van der Waals surface area (Å²) in [6, 6.07) is 11.5. The minimum absolute atomic E-state index is 0.142. The Kier molecular flexibility index (Phi) is 4.77. The van der Waals surface area contributed by atoms with Gasteiger partial charge in [-0.3, -0.25) is 4.79 Å². The first-order valence-electron chi connectivity index (χ1n) is 6.38. The zero-order valence-corrected chi connectivity index (χ0v) is 11.9. The van der Waals surface area contributed by atoms with Crippen molar-refractivity contribution in [2.45, 2.75) is 6.42 Å². The summed E-state index contributed by atoms with van der Waals surface area (Å²) >= 11 is 0. The van der Waals surface area contributed by atoms with E-state index < -0.39 is 5.82 Å². The summed E-state index contributed by atoms with van der Waals surface area (Å²) in [4.78, 5) is 11.9. The van der Waals surface area contributed by atoms with Crippen LogP contribution in [0.2, 0.25) is 0 Å². The predicted molar refractivity (Wildman–Crippen MR) is 78.3 cm³/mol. The van der Waals surface area contributed by atoms with Gasteiger partial charge in [-0.2, -0.15) is 0 Å². The molecule has 0 radical (unpaired) electrons. The lowest BCUT2D eigenvalue weighted by molar-refractivity contribution is -0.115. The van der Waals surface area contributed by atoms with Gasteiger partial charge in [-0.1, -0.05) is 12.1 Å². The van der Waals surface area contributed by atoms with Gasteiger partial charge in [0, 0.05) is 11.8 Å². The van der Waals surface area contributed by atoms with E-state index in [1.807, 2.05) is 12.1 Å². The van der Waals surface area contributed by atoms with Crippen LogP contribution >= 0.6 is 0 Å². The minimum atomic E-state index is -0.514. The van der Waals surface area contributed by atoms with Crippen molar-refractivity contribution in [2.24, 2.45) is 0 Å². The Labute approximate surface area is 122 Å². The summed E-state index contributed by atoms with van der Waals surface area (Å²) in [5.74, 6) is 0.143. The summed E-state index contributed by atoms with van der Waals surface area (Å²) in [7, 11) is 2.97. The second-order valence-corrected chi connectivity index (χ2v) is 4.42. The first-order chi connectivity index (χ1) is 10.1. The summed E-state index contributed by atoms with van der Waals surface area (Å²) < 4.78 is 23.4. The minimum Gasteiger partial charge on any atom is -0.497 e. The molecule has 0 unspecified atom stereocenters. The second kappa shape index (κ2) is 6.74. The SMILES string of the molecule is COc1ccc(CC(=O)Nc2ccc(OC)c(F)c2)cc1. The first-order valence-corrected chi connectivity index (χ1v) is 6.38. The number of carbonyl (C=O) groups excluding carboxylic acids is 1. The maximum Gasteiger partial charge on any atom is 0.228 e. The standard InChI is InChI=1S/C16H16FNO3/c1-20-13-6-3-11(4-7-13)9-16(19)18-12-5-8-15(21-2)14(17)10-12/h3-8,10H,9H2,1-2H3,(H,18,19). The monoisotopic (exact) mass is 289 g/mol. The largest absolute Gasteiger partial charge is 0.497 e. The lowest BCUT2D eigenvalue weighted by Gasteiger charge is -2.08. The molecule has 110 valence electrons. The Balaban J connectivity index is 1.99. The molecule has 0 spiro atoms. The highest BCUT2D eigenvalue weighted by Crippen LogP contribution is 2.21. The van der Waals surface area contributed by atoms with E-state index >= 15 is 0 Å². The molecular weight excluding hydrogens is 273 g/mol. The third-order valence-electron chi connectivity index (χ3n) is 2.96. The summed E-state index contributed by atoms with van der Waals surface area (Å²) in [6.07, 6.45) is 0.206. The molecule has 0 atom stereocenters. The van der Waals surface area contributed by atoms with Crippen LogP contribution in [0.25, 0.3) is 0 Å². The topological polar surface area (TPSA) is 47.6 Å². The van der Waals surface area contributed by atoms with Crippen molar-refractivity contribution in [3.63, 3.8) is 0 Å². The van der Waals surface area contributed by atoms with Crippen LogP contribution in [0.5, 0.6) is 11.5 Å². The van der Waals surface area contributed by atoms with Gasteiger partial charge in [0.15, 0.2) is 11.6 Å². The fourth-order valence-corrected chi connectivity index (χ4v) is 1.88. The van der Waals surface area contributed by atoms with Crippen LogP contribution in [0, 0.1) is 5.82 Å². The molecule has 0 aliphatic carbocycles. The molecule has 2 aromatic carbocycles. The van der Waals surface area contributed by atoms with E-state index in [0.29, 0.717) is 5.69 Å². The van der Waals surface area contributed by atoms with E-state index in [9.17, 15) is 9.18 Å². The van der Waals surface area contributed by atoms with Gasteiger partial charge in [-0.25, -0.2) is 4.39 Å². The number of halogens is 1. The van der Waals surface area contributed by atoms with E-state index in [4.69, 9.17) is 9.47 Å². The number of anilines is 1. The van der Waals surface area contributed by atoms with Gasteiger partial charge in [0.1, 0.15) is 5.75 Å². The van der Waals surface area contributed by atoms with Crippen molar-refractivity contribution in [2.75, 3.05) is 19.5 Å². The first kappa shape index (κ1) is 14.8. The number of benzene rings is 2. The molecule has 2 aromatic rings. The van der Waals surface area contributed by atoms with Gasteiger partial charge in [0.2, 0.25) is 5.91 Å². The van der Waals surface area contributed by atoms with Gasteiger partial charge in [-0.05, 0) is 29.8 Å². The van der Waals surface area contributed by atoms with Crippen LogP contribution in [0.3, 0.4) is 0 Å². The van der Waals surface area contributed by atoms with Crippen molar-refractivity contribution < 1.29 is 18.7 Å². The number of nitrogens with one attached hydrogen (secondary N) is 1. The molecule has 0 aromatic heterocycles. The molecule has 5 heteroatoms. The van der Waals surface area contributed by atoms with Crippen molar-refractivity contribution in [1.82, 2.24) is 0 Å². The summed E-state index contributed by atoms with van der Waals surface area (Å²) in [5, 5.41) is 2.65. The van der Waals surface area contributed by atoms with Crippen molar-refractivity contribution in [3.05, 3.63) is 53.8 Å². The van der Waals surface area contributed by atoms with Gasteiger partial charge < -0.3 is 14.8 Å². The molecule has 0 saturated carbocycles. The van der Waals surface area contributed by atoms with Crippen molar-refractivity contribution in [3.8, 4) is 11.5 Å². The Morgan fingerprint density at radius 1 is 1.10 bits per heavy atom. The van der Waals surface area contributed by atoms with Gasteiger partial charge in [0.05, 0.1) is 20.6 Å². The zero-order chi connectivity index (χ0) is 15.2. The molecule has 0 fully saturated rings. The molecular formula is C16H16FNO3. The molecule has 0 bridgehead atoms. The number of amides is 1. The average Bonchev–Trinajstić information content (AvgIpc) is 2.48. The Bertz CT molecular complexity index is 626. The van der Waals surface area contributed by atoms with Crippen LogP contribution in [-0.2, 0) is 11.2 Å². The van der Waals surface area contributed by atoms with Crippen LogP contribution in [0.15, 0.2) is 42.5 Å². The van der Waals surface area contributed by atoms with Gasteiger partial charge in [0.25, 0.3) is 0 Å². The molecule has 0 saturated heterocycles. The van der Waals surface area contributed by atoms with Crippen LogP contribution in [-0.4, -0.2) is 20.1 Å². The number of ether oxygens (including phenoxy) is 2. The van der Waals surface area contributed by atoms with Crippen molar-refractivity contribution >= 4 is 11.6 Å². The number of carbonyl (C=O) groups is 1. The molecule has 21 heavy (non-hydrogen) atoms. The highest BCUT2D eigenvalue weighted by Gasteiger charge is 2.07. The molecule has 0 heterocycles. The maximum absolute atomic E-state index is 13.5. The van der Waals surface area contributed by atoms with Crippen LogP contribution < -0.4 is 14.8 Å². The maximum atomic E-state index is 13.5. The molecule has 2 rings (SSSR count). The third kappa shape index (κ3) is 3.95. The second-order valence-electron chi connectivity index (χ2n) is 4.42. The van der Waals surface area contributed by atoms with Crippen LogP contribution in [0.4, 0.5) is 10.1 Å². The van der Waals surface area contributed by atoms with E-state index in [0.717, 1.165) is 11.3 Å². The highest BCUT2D eigenvalue weighted by atomic mass is 19.1. The fraction of sp³-hybridized carbons (Fsp3) is 0.188. The summed E-state index contributed by atoms with van der Waals surface area (Å²) in [5.41, 5.74) is 1.24. The summed E-state index contributed by atoms with van der Waals surface area (Å²) in [6.45, 7) is 0. The number of methoxy groups -OCH3 is 2.